The van der Waals surface area contributed by atoms with Gasteiger partial charge in [0.1, 0.15) is 31.3 Å². The zero-order chi connectivity index (χ0) is 56.6. The van der Waals surface area contributed by atoms with Crippen molar-refractivity contribution in [3.05, 3.63) is 0 Å². The number of ether oxygens (including phenoxy) is 1. The van der Waals surface area contributed by atoms with Crippen LogP contribution in [0.2, 0.25) is 0 Å². The lowest BCUT2D eigenvalue weighted by molar-refractivity contribution is -0.625. The van der Waals surface area contributed by atoms with Gasteiger partial charge in [-0.1, -0.05) is 34.6 Å². The van der Waals surface area contributed by atoms with Crippen LogP contribution in [0.1, 0.15) is 106 Å². The second kappa shape index (κ2) is 41.4. The van der Waals surface area contributed by atoms with Crippen LogP contribution in [0.25, 0.3) is 0 Å². The highest BCUT2D eigenvalue weighted by Gasteiger charge is 2.42. The van der Waals surface area contributed by atoms with Crippen molar-refractivity contribution in [1.82, 2.24) is 0 Å². The van der Waals surface area contributed by atoms with E-state index in [0.29, 0.717) is 38.5 Å². The zero-order valence-electron chi connectivity index (χ0n) is 44.8. The first-order valence-corrected chi connectivity index (χ1v) is 24.7. The molecule has 29 heteroatoms. The van der Waals surface area contributed by atoms with Crippen LogP contribution in [0.4, 0.5) is 0 Å². The summed E-state index contributed by atoms with van der Waals surface area (Å²) in [5.74, 6) is -1.01. The molecular formula is C46H92O29. The van der Waals surface area contributed by atoms with Gasteiger partial charge in [-0.3, -0.25) is 10.1 Å². The summed E-state index contributed by atoms with van der Waals surface area (Å²) in [5, 5.41) is 113. The summed E-state index contributed by atoms with van der Waals surface area (Å²) in [5.41, 5.74) is -7.49. The van der Waals surface area contributed by atoms with Crippen LogP contribution in [-0.2, 0) is 88.0 Å². The summed E-state index contributed by atoms with van der Waals surface area (Å²) in [6, 6.07) is 0. The average molecular weight is 1110 g/mol. The molecule has 0 aliphatic rings. The Morgan fingerprint density at radius 3 is 1.43 bits per heavy atom. The van der Waals surface area contributed by atoms with Gasteiger partial charge in [0.15, 0.2) is 6.79 Å². The Morgan fingerprint density at radius 2 is 0.920 bits per heavy atom. The first-order valence-electron chi connectivity index (χ1n) is 24.7. The number of carbonyl (C=O) groups is 1. The van der Waals surface area contributed by atoms with Gasteiger partial charge in [0.25, 0.3) is 0 Å². The van der Waals surface area contributed by atoms with E-state index in [2.05, 4.69) is 29.6 Å². The second-order valence-corrected chi connectivity index (χ2v) is 21.1. The van der Waals surface area contributed by atoms with Crippen molar-refractivity contribution in [2.45, 2.75) is 112 Å². The Labute approximate surface area is 438 Å². The van der Waals surface area contributed by atoms with Gasteiger partial charge < -0.3 is 50.7 Å². The lowest BCUT2D eigenvalue weighted by atomic mass is 9.75. The standard InChI is InChI=1S/C46H92O29/c1-40(22-50,10-7-16-47)12-9-19-60-62-28-43(4,24-52)29-64-67-34-46(33-59-39(56)45(6,26-54)32-69-75-74-58,35-68-65-30-44(5,25-53)31-66-71-37-72-70-36-55)14-13-41(2,11-8-17-48)27-63-61-21-38(73-57)20-42(3,23-51)15-18-49/h38,47-55,57-58H,7-37H2,1-6H3/t38?,40-,41-,42-,43+,44+,45-,46?/m0/s1. The smallest absolute Gasteiger partial charge is 0.316 e. The number of rotatable bonds is 55. The molecule has 0 fully saturated rings. The number of aliphatic hydroxyl groups excluding tert-OH is 9. The lowest BCUT2D eigenvalue weighted by Gasteiger charge is -2.37. The molecule has 0 rings (SSSR count). The Hall–Kier alpha value is -1.61. The summed E-state index contributed by atoms with van der Waals surface area (Å²) < 4.78 is 5.82. The maximum Gasteiger partial charge on any atom is 0.316 e. The predicted molar refractivity (Wildman–Crippen MR) is 252 cm³/mol. The number of aliphatic hydroxyl groups is 9. The molecule has 0 saturated heterocycles. The molecule has 29 nitrogen and oxygen atoms in total. The fourth-order valence-corrected chi connectivity index (χ4v) is 6.79. The molecule has 2 unspecified atom stereocenters. The van der Waals surface area contributed by atoms with Crippen LogP contribution in [0.15, 0.2) is 0 Å². The van der Waals surface area contributed by atoms with Crippen molar-refractivity contribution >= 4 is 5.97 Å². The van der Waals surface area contributed by atoms with E-state index in [1.165, 1.54) is 6.92 Å². The molecule has 0 amide bonds. The molecule has 0 spiro atoms. The van der Waals surface area contributed by atoms with Crippen molar-refractivity contribution in [2.24, 2.45) is 37.9 Å². The third-order valence-corrected chi connectivity index (χ3v) is 12.7. The third kappa shape index (κ3) is 32.3. The van der Waals surface area contributed by atoms with Crippen LogP contribution in [0.5, 0.6) is 0 Å². The molecule has 0 aliphatic carbocycles. The van der Waals surface area contributed by atoms with Crippen LogP contribution < -0.4 is 0 Å². The van der Waals surface area contributed by atoms with E-state index in [4.69, 9.17) is 64.0 Å². The highest BCUT2D eigenvalue weighted by atomic mass is 17.6. The summed E-state index contributed by atoms with van der Waals surface area (Å²) >= 11 is 0. The molecule has 0 aromatic heterocycles. The minimum Gasteiger partial charge on any atom is -0.464 e. The molecule has 0 radical (unpaired) electrons. The van der Waals surface area contributed by atoms with Gasteiger partial charge in [-0.2, -0.15) is 0 Å². The van der Waals surface area contributed by atoms with Gasteiger partial charge in [-0.25, -0.2) is 73.7 Å². The number of carbonyl (C=O) groups excluding carboxylic acids is 1. The van der Waals surface area contributed by atoms with Crippen molar-refractivity contribution in [3.8, 4) is 0 Å². The maximum absolute atomic E-state index is 13.7. The van der Waals surface area contributed by atoms with Gasteiger partial charge >= 0.3 is 5.97 Å². The zero-order valence-corrected chi connectivity index (χ0v) is 44.8. The molecule has 11 N–H and O–H groups in total. The molecule has 8 atom stereocenters. The first kappa shape index (κ1) is 73.4. The quantitative estimate of drug-likeness (QED) is 0.0134. The van der Waals surface area contributed by atoms with Crippen molar-refractivity contribution in [2.75, 3.05) is 139 Å². The minimum atomic E-state index is -1.79. The first-order chi connectivity index (χ1) is 35.7. The van der Waals surface area contributed by atoms with E-state index in [1.54, 1.807) is 20.8 Å². The molecule has 0 bridgehead atoms. The van der Waals surface area contributed by atoms with Crippen molar-refractivity contribution in [3.63, 3.8) is 0 Å². The molecule has 0 aliphatic heterocycles. The van der Waals surface area contributed by atoms with E-state index in [0.717, 1.165) is 0 Å². The summed E-state index contributed by atoms with van der Waals surface area (Å²) in [6.07, 6.45) is 2.58. The fraction of sp³-hybridized carbons (Fsp3) is 0.978. The second-order valence-electron chi connectivity index (χ2n) is 21.1. The maximum atomic E-state index is 13.7. The molecule has 0 aromatic rings. The van der Waals surface area contributed by atoms with Gasteiger partial charge in [-0.05, 0) is 97.5 Å². The Balaban J connectivity index is 6.70. The molecule has 0 aromatic carbocycles. The third-order valence-electron chi connectivity index (χ3n) is 12.7. The highest BCUT2D eigenvalue weighted by Crippen LogP contribution is 2.38. The van der Waals surface area contributed by atoms with Gasteiger partial charge in [0.2, 0.25) is 6.79 Å². The SMILES string of the molecule is C[C@](CO)(CCCO)CCCOOC[C@@](C)(CO)COOCC(CC[C@](C)(CCCO)COOCC(C[C@@](C)(CO)CCO)OO)(COOC[C@@](C)(CO)COOCOOCO)COC(=O)[C@@](C)(CO)COOOO. The topological polar surface area (TPSA) is 397 Å². The van der Waals surface area contributed by atoms with Crippen LogP contribution in [0, 0.1) is 37.9 Å². The molecule has 450 valence electrons. The summed E-state index contributed by atoms with van der Waals surface area (Å²) in [7, 11) is 0. The average Bonchev–Trinajstić information content (AvgIpc) is 3.41. The van der Waals surface area contributed by atoms with E-state index < -0.39 is 110 Å². The normalized spacial score (nSPS) is 18.3. The number of esters is 1. The van der Waals surface area contributed by atoms with E-state index in [-0.39, 0.29) is 105 Å². The number of hydrogen-bond acceptors (Lipinski definition) is 29. The highest BCUT2D eigenvalue weighted by molar-refractivity contribution is 5.76. The lowest BCUT2D eigenvalue weighted by Crippen LogP contribution is -2.44. The Kier molecular flexibility index (Phi) is 40.5. The van der Waals surface area contributed by atoms with Gasteiger partial charge in [0, 0.05) is 43.9 Å². The van der Waals surface area contributed by atoms with Gasteiger partial charge in [-0.15, -0.1) is 0 Å². The van der Waals surface area contributed by atoms with E-state index >= 15 is 0 Å². The molecule has 75 heavy (non-hydrogen) atoms. The van der Waals surface area contributed by atoms with Crippen molar-refractivity contribution < 1.29 is 145 Å². The van der Waals surface area contributed by atoms with Crippen LogP contribution in [-0.4, -0.2) is 208 Å². The molecule has 0 heterocycles. The summed E-state index contributed by atoms with van der Waals surface area (Å²) in [4.78, 5) is 86.4. The van der Waals surface area contributed by atoms with Crippen molar-refractivity contribution in [1.29, 1.82) is 0 Å². The largest absolute Gasteiger partial charge is 0.464 e. The Bertz CT molecular complexity index is 1380. The predicted octanol–water partition coefficient (Wildman–Crippen LogP) is 1.20. The van der Waals surface area contributed by atoms with Gasteiger partial charge in [0.05, 0.1) is 78.1 Å². The summed E-state index contributed by atoms with van der Waals surface area (Å²) in [6.45, 7) is 2.97. The minimum absolute atomic E-state index is 0.0141. The molecule has 0 saturated carbocycles. The van der Waals surface area contributed by atoms with E-state index in [9.17, 15) is 50.9 Å². The van der Waals surface area contributed by atoms with Crippen LogP contribution >= 0.6 is 0 Å². The Morgan fingerprint density at radius 1 is 0.427 bits per heavy atom. The van der Waals surface area contributed by atoms with Crippen LogP contribution in [0.3, 0.4) is 0 Å². The monoisotopic (exact) mass is 1110 g/mol. The number of hydrogen-bond donors (Lipinski definition) is 11. The van der Waals surface area contributed by atoms with E-state index in [1.807, 2.05) is 13.8 Å². The fourth-order valence-electron chi connectivity index (χ4n) is 6.79. The molecular weight excluding hydrogens is 1020 g/mol.